The summed E-state index contributed by atoms with van der Waals surface area (Å²) in [4.78, 5) is 17.1. The molecule has 3 fully saturated rings. The Morgan fingerprint density at radius 1 is 1.08 bits per heavy atom. The van der Waals surface area contributed by atoms with Gasteiger partial charge in [0.1, 0.15) is 6.04 Å². The first kappa shape index (κ1) is 25.5. The second-order valence-electron chi connectivity index (χ2n) is 11.6. The number of carboxylic acids is 1. The summed E-state index contributed by atoms with van der Waals surface area (Å²) >= 11 is 0. The molecule has 0 radical (unpaired) electrons. The zero-order chi connectivity index (χ0) is 25.1. The molecule has 0 spiro atoms. The maximum absolute atomic E-state index is 12.1. The third-order valence-corrected chi connectivity index (χ3v) is 9.27. The molecule has 3 atom stereocenters. The average Bonchev–Trinajstić information content (AvgIpc) is 3.46. The van der Waals surface area contributed by atoms with Gasteiger partial charge in [-0.1, -0.05) is 56.5 Å². The van der Waals surface area contributed by atoms with Crippen LogP contribution in [0.2, 0.25) is 0 Å². The van der Waals surface area contributed by atoms with Crippen LogP contribution < -0.4 is 0 Å². The van der Waals surface area contributed by atoms with E-state index in [2.05, 4.69) is 64.7 Å². The summed E-state index contributed by atoms with van der Waals surface area (Å²) in [6.07, 6.45) is 8.09. The molecule has 3 heterocycles. The standard InChI is InChI=1S/C30H44N4O2/c1-3-34-28(19-27(31-34)18-23-8-5-4-6-9-23)26-13-15-32(16-14-26)20-24-12-17-33(21-24)29(30(35)36)22(2)25-10-7-11-25/h4-6,8-9,19,22,24-26,29H,3,7,10-18,20-21H2,1-2H3,(H,35,36)/t22-,24?,29?/m0/s1. The number of aromatic nitrogens is 2. The number of likely N-dealkylation sites (tertiary alicyclic amines) is 2. The third-order valence-electron chi connectivity index (χ3n) is 9.27. The van der Waals surface area contributed by atoms with Gasteiger partial charge in [0.25, 0.3) is 0 Å². The van der Waals surface area contributed by atoms with Gasteiger partial charge in [-0.05, 0) is 75.2 Å². The van der Waals surface area contributed by atoms with Gasteiger partial charge in [-0.3, -0.25) is 14.4 Å². The van der Waals surface area contributed by atoms with Crippen molar-refractivity contribution in [3.8, 4) is 0 Å². The Kier molecular flexibility index (Phi) is 8.12. The summed E-state index contributed by atoms with van der Waals surface area (Å²) in [5, 5.41) is 14.9. The molecule has 6 nitrogen and oxygen atoms in total. The van der Waals surface area contributed by atoms with Crippen LogP contribution in [-0.2, 0) is 17.8 Å². The summed E-state index contributed by atoms with van der Waals surface area (Å²) in [6, 6.07) is 12.7. The lowest BCUT2D eigenvalue weighted by atomic mass is 9.73. The molecule has 1 N–H and O–H groups in total. The fraction of sp³-hybridized carbons (Fsp3) is 0.667. The van der Waals surface area contributed by atoms with Crippen LogP contribution in [-0.4, -0.2) is 69.4 Å². The topological polar surface area (TPSA) is 61.6 Å². The predicted molar refractivity (Wildman–Crippen MR) is 143 cm³/mol. The first-order chi connectivity index (χ1) is 17.5. The maximum atomic E-state index is 12.1. The summed E-state index contributed by atoms with van der Waals surface area (Å²) in [6.45, 7) is 10.5. The Morgan fingerprint density at radius 3 is 2.47 bits per heavy atom. The summed E-state index contributed by atoms with van der Waals surface area (Å²) in [5.74, 6) is 1.43. The average molecular weight is 493 g/mol. The van der Waals surface area contributed by atoms with Crippen LogP contribution in [0.1, 0.15) is 75.2 Å². The number of hydrogen-bond acceptors (Lipinski definition) is 4. The molecule has 0 bridgehead atoms. The van der Waals surface area contributed by atoms with Crippen molar-refractivity contribution in [2.45, 2.75) is 77.3 Å². The zero-order valence-electron chi connectivity index (χ0n) is 22.2. The van der Waals surface area contributed by atoms with Crippen LogP contribution in [0.5, 0.6) is 0 Å². The third kappa shape index (κ3) is 5.70. The Hall–Kier alpha value is -2.18. The quantitative estimate of drug-likeness (QED) is 0.512. The second-order valence-corrected chi connectivity index (χ2v) is 11.6. The number of aryl methyl sites for hydroxylation is 1. The van der Waals surface area contributed by atoms with Gasteiger partial charge >= 0.3 is 5.97 Å². The van der Waals surface area contributed by atoms with E-state index in [0.717, 1.165) is 52.1 Å². The lowest BCUT2D eigenvalue weighted by Crippen LogP contribution is -2.48. The van der Waals surface area contributed by atoms with Crippen LogP contribution in [0.15, 0.2) is 36.4 Å². The summed E-state index contributed by atoms with van der Waals surface area (Å²) < 4.78 is 2.22. The fourth-order valence-corrected chi connectivity index (χ4v) is 6.94. The van der Waals surface area contributed by atoms with Crippen molar-refractivity contribution in [3.05, 3.63) is 53.3 Å². The van der Waals surface area contributed by atoms with E-state index in [4.69, 9.17) is 5.10 Å². The molecule has 2 saturated heterocycles. The molecular weight excluding hydrogens is 448 g/mol. The van der Waals surface area contributed by atoms with E-state index in [1.54, 1.807) is 0 Å². The molecule has 196 valence electrons. The van der Waals surface area contributed by atoms with E-state index < -0.39 is 5.97 Å². The fourth-order valence-electron chi connectivity index (χ4n) is 6.94. The number of benzene rings is 1. The largest absolute Gasteiger partial charge is 0.480 e. The first-order valence-corrected chi connectivity index (χ1v) is 14.3. The highest BCUT2D eigenvalue weighted by Gasteiger charge is 2.40. The van der Waals surface area contributed by atoms with Crippen molar-refractivity contribution in [2.75, 3.05) is 32.7 Å². The van der Waals surface area contributed by atoms with Gasteiger partial charge < -0.3 is 10.0 Å². The lowest BCUT2D eigenvalue weighted by molar-refractivity contribution is -0.146. The molecule has 2 aromatic rings. The van der Waals surface area contributed by atoms with Gasteiger partial charge in [0, 0.05) is 37.7 Å². The summed E-state index contributed by atoms with van der Waals surface area (Å²) in [7, 11) is 0. The number of carboxylic acid groups (broad SMARTS) is 1. The number of carbonyl (C=O) groups is 1. The Labute approximate surface area is 216 Å². The molecule has 6 heteroatoms. The predicted octanol–water partition coefficient (Wildman–Crippen LogP) is 4.88. The highest BCUT2D eigenvalue weighted by molar-refractivity contribution is 5.74. The molecule has 0 amide bonds. The van der Waals surface area contributed by atoms with Gasteiger partial charge in [-0.2, -0.15) is 5.10 Å². The maximum Gasteiger partial charge on any atom is 0.321 e. The van der Waals surface area contributed by atoms with E-state index in [9.17, 15) is 9.90 Å². The van der Waals surface area contributed by atoms with E-state index in [1.165, 1.54) is 49.1 Å². The minimum atomic E-state index is -0.616. The van der Waals surface area contributed by atoms with Crippen molar-refractivity contribution >= 4 is 5.97 Å². The van der Waals surface area contributed by atoms with Gasteiger partial charge in [-0.15, -0.1) is 0 Å². The summed E-state index contributed by atoms with van der Waals surface area (Å²) in [5.41, 5.74) is 3.90. The molecular formula is C30H44N4O2. The number of piperidine rings is 1. The van der Waals surface area contributed by atoms with Crippen molar-refractivity contribution in [1.82, 2.24) is 19.6 Å². The normalized spacial score (nSPS) is 24.0. The molecule has 3 aliphatic rings. The van der Waals surface area contributed by atoms with Gasteiger partial charge in [0.15, 0.2) is 0 Å². The molecule has 36 heavy (non-hydrogen) atoms. The second kappa shape index (κ2) is 11.5. The van der Waals surface area contributed by atoms with Crippen LogP contribution >= 0.6 is 0 Å². The van der Waals surface area contributed by atoms with Gasteiger partial charge in [-0.25, -0.2) is 0 Å². The zero-order valence-corrected chi connectivity index (χ0v) is 22.2. The van der Waals surface area contributed by atoms with Crippen LogP contribution in [0.4, 0.5) is 0 Å². The van der Waals surface area contributed by atoms with Crippen LogP contribution in [0.3, 0.4) is 0 Å². The minimum absolute atomic E-state index is 0.265. The number of rotatable bonds is 10. The number of aliphatic carboxylic acids is 1. The molecule has 1 aromatic carbocycles. The monoisotopic (exact) mass is 492 g/mol. The molecule has 1 aromatic heterocycles. The smallest absolute Gasteiger partial charge is 0.321 e. The molecule has 2 unspecified atom stereocenters. The number of hydrogen-bond donors (Lipinski definition) is 1. The minimum Gasteiger partial charge on any atom is -0.480 e. The molecule has 1 saturated carbocycles. The van der Waals surface area contributed by atoms with Gasteiger partial charge in [0.2, 0.25) is 0 Å². The Bertz CT molecular complexity index is 994. The SMILES string of the molecule is CCn1nc(Cc2ccccc2)cc1C1CCN(CC2CCN(C(C(=O)O)[C@@H](C)C3CCC3)C2)CC1. The molecule has 5 rings (SSSR count). The molecule has 2 aliphatic heterocycles. The van der Waals surface area contributed by atoms with E-state index in [0.29, 0.717) is 17.8 Å². The van der Waals surface area contributed by atoms with E-state index >= 15 is 0 Å². The Balaban J connectivity index is 1.13. The van der Waals surface area contributed by atoms with Crippen molar-refractivity contribution in [1.29, 1.82) is 0 Å². The van der Waals surface area contributed by atoms with Gasteiger partial charge in [0.05, 0.1) is 5.69 Å². The number of nitrogens with zero attached hydrogens (tertiary/aromatic N) is 4. The van der Waals surface area contributed by atoms with Crippen molar-refractivity contribution < 1.29 is 9.90 Å². The van der Waals surface area contributed by atoms with Crippen molar-refractivity contribution in [3.63, 3.8) is 0 Å². The highest BCUT2D eigenvalue weighted by atomic mass is 16.4. The van der Waals surface area contributed by atoms with Crippen LogP contribution in [0, 0.1) is 17.8 Å². The molecule has 1 aliphatic carbocycles. The van der Waals surface area contributed by atoms with Crippen molar-refractivity contribution in [2.24, 2.45) is 17.8 Å². The van der Waals surface area contributed by atoms with E-state index in [-0.39, 0.29) is 12.0 Å². The first-order valence-electron chi connectivity index (χ1n) is 14.3. The van der Waals surface area contributed by atoms with Crippen LogP contribution in [0.25, 0.3) is 0 Å². The Morgan fingerprint density at radius 2 is 1.83 bits per heavy atom. The van der Waals surface area contributed by atoms with E-state index in [1.807, 2.05) is 0 Å². The highest BCUT2D eigenvalue weighted by Crippen LogP contribution is 2.38. The lowest BCUT2D eigenvalue weighted by Gasteiger charge is -2.38.